The molecule has 1 saturated carbocycles. The van der Waals surface area contributed by atoms with Crippen molar-refractivity contribution in [2.45, 2.75) is 38.6 Å². The van der Waals surface area contributed by atoms with Crippen LogP contribution in [0, 0.1) is 0 Å². The second-order valence-corrected chi connectivity index (χ2v) is 3.85. The number of nitrogens with one attached hydrogen (secondary N) is 1. The number of carbonyl (C=O) groups is 1. The number of amides is 2. The minimum absolute atomic E-state index is 0.0615. The van der Waals surface area contributed by atoms with Gasteiger partial charge in [-0.1, -0.05) is 13.3 Å². The Balaban J connectivity index is 2.26. The Bertz CT molecular complexity index is 180. The molecule has 2 amide bonds. The first-order valence-corrected chi connectivity index (χ1v) is 5.53. The van der Waals surface area contributed by atoms with Crippen LogP contribution in [0.1, 0.15) is 32.6 Å². The van der Waals surface area contributed by atoms with Gasteiger partial charge < -0.3 is 16.0 Å². The highest BCUT2D eigenvalue weighted by Crippen LogP contribution is 2.18. The van der Waals surface area contributed by atoms with Crippen LogP contribution < -0.4 is 11.1 Å². The zero-order valence-electron chi connectivity index (χ0n) is 8.96. The van der Waals surface area contributed by atoms with E-state index in [0.29, 0.717) is 19.1 Å². The van der Waals surface area contributed by atoms with Crippen LogP contribution in [0.15, 0.2) is 0 Å². The normalized spacial score (nSPS) is 15.3. The van der Waals surface area contributed by atoms with Crippen molar-refractivity contribution in [3.63, 3.8) is 0 Å². The molecule has 0 aromatic heterocycles. The quantitative estimate of drug-likeness (QED) is 0.668. The SMILES string of the molecule is CCCCN(CCN)C(=O)NC1CC1. The molecule has 4 nitrogen and oxygen atoms in total. The van der Waals surface area contributed by atoms with Gasteiger partial charge in [0.05, 0.1) is 0 Å². The Morgan fingerprint density at radius 3 is 2.71 bits per heavy atom. The summed E-state index contributed by atoms with van der Waals surface area (Å²) in [6, 6.07) is 0.496. The highest BCUT2D eigenvalue weighted by Gasteiger charge is 2.25. The van der Waals surface area contributed by atoms with Crippen LogP contribution in [0.3, 0.4) is 0 Å². The van der Waals surface area contributed by atoms with Crippen molar-refractivity contribution in [3.8, 4) is 0 Å². The molecule has 0 unspecified atom stereocenters. The van der Waals surface area contributed by atoms with E-state index in [9.17, 15) is 4.79 Å². The fourth-order valence-corrected chi connectivity index (χ4v) is 1.31. The molecule has 1 aliphatic rings. The molecule has 0 saturated heterocycles. The second-order valence-electron chi connectivity index (χ2n) is 3.85. The molecule has 4 heteroatoms. The van der Waals surface area contributed by atoms with E-state index >= 15 is 0 Å². The Labute approximate surface area is 85.8 Å². The van der Waals surface area contributed by atoms with E-state index in [0.717, 1.165) is 32.2 Å². The molecule has 14 heavy (non-hydrogen) atoms. The predicted molar refractivity (Wildman–Crippen MR) is 57.1 cm³/mol. The second kappa shape index (κ2) is 5.86. The molecule has 0 aliphatic heterocycles. The number of unbranched alkanes of at least 4 members (excludes halogenated alkanes) is 1. The Morgan fingerprint density at radius 2 is 2.21 bits per heavy atom. The van der Waals surface area contributed by atoms with Crippen molar-refractivity contribution in [1.29, 1.82) is 0 Å². The van der Waals surface area contributed by atoms with Gasteiger partial charge >= 0.3 is 6.03 Å². The van der Waals surface area contributed by atoms with Gasteiger partial charge in [0.2, 0.25) is 0 Å². The van der Waals surface area contributed by atoms with Crippen LogP contribution in [0.5, 0.6) is 0 Å². The van der Waals surface area contributed by atoms with Gasteiger partial charge in [0, 0.05) is 25.7 Å². The third-order valence-electron chi connectivity index (χ3n) is 2.37. The minimum Gasteiger partial charge on any atom is -0.335 e. The van der Waals surface area contributed by atoms with Crippen LogP contribution in [-0.2, 0) is 0 Å². The maximum absolute atomic E-state index is 11.6. The van der Waals surface area contributed by atoms with E-state index in [1.807, 2.05) is 4.90 Å². The van der Waals surface area contributed by atoms with E-state index in [1.165, 1.54) is 0 Å². The van der Waals surface area contributed by atoms with E-state index in [4.69, 9.17) is 5.73 Å². The molecule has 82 valence electrons. The zero-order chi connectivity index (χ0) is 10.4. The Hall–Kier alpha value is -0.770. The van der Waals surface area contributed by atoms with Gasteiger partial charge in [-0.15, -0.1) is 0 Å². The summed E-state index contributed by atoms with van der Waals surface area (Å²) < 4.78 is 0. The summed E-state index contributed by atoms with van der Waals surface area (Å²) in [6.07, 6.45) is 4.43. The fraction of sp³-hybridized carbons (Fsp3) is 0.900. The predicted octanol–water partition coefficient (Wildman–Crippen LogP) is 0.919. The van der Waals surface area contributed by atoms with Crippen molar-refractivity contribution in [2.75, 3.05) is 19.6 Å². The molecule has 0 aromatic carbocycles. The Kier molecular flexibility index (Phi) is 4.73. The first kappa shape index (κ1) is 11.3. The third-order valence-corrected chi connectivity index (χ3v) is 2.37. The topological polar surface area (TPSA) is 58.4 Å². The highest BCUT2D eigenvalue weighted by molar-refractivity contribution is 5.74. The summed E-state index contributed by atoms with van der Waals surface area (Å²) in [4.78, 5) is 13.5. The molecule has 0 atom stereocenters. The molecule has 1 fully saturated rings. The van der Waals surface area contributed by atoms with Crippen LogP contribution in [0.4, 0.5) is 4.79 Å². The van der Waals surface area contributed by atoms with Crippen LogP contribution in [0.25, 0.3) is 0 Å². The first-order chi connectivity index (χ1) is 6.77. The number of rotatable bonds is 6. The van der Waals surface area contributed by atoms with Crippen molar-refractivity contribution in [3.05, 3.63) is 0 Å². The maximum atomic E-state index is 11.6. The van der Waals surface area contributed by atoms with Crippen molar-refractivity contribution in [2.24, 2.45) is 5.73 Å². The number of nitrogens with two attached hydrogens (primary N) is 1. The van der Waals surface area contributed by atoms with Crippen LogP contribution in [0.2, 0.25) is 0 Å². The molecule has 0 aromatic rings. The number of hydrogen-bond acceptors (Lipinski definition) is 2. The molecular weight excluding hydrogens is 178 g/mol. The lowest BCUT2D eigenvalue weighted by atomic mass is 10.3. The largest absolute Gasteiger partial charge is 0.335 e. The number of hydrogen-bond donors (Lipinski definition) is 2. The van der Waals surface area contributed by atoms with Crippen LogP contribution in [-0.4, -0.2) is 36.6 Å². The molecular formula is C10H21N3O. The standard InChI is InChI=1S/C10H21N3O/c1-2-3-7-13(8-6-11)10(14)12-9-4-5-9/h9H,2-8,11H2,1H3,(H,12,14). The monoisotopic (exact) mass is 199 g/mol. The highest BCUT2D eigenvalue weighted by atomic mass is 16.2. The number of nitrogens with zero attached hydrogens (tertiary/aromatic N) is 1. The summed E-state index contributed by atoms with van der Waals surface area (Å²) >= 11 is 0. The van der Waals surface area contributed by atoms with Gasteiger partial charge in [0.1, 0.15) is 0 Å². The average molecular weight is 199 g/mol. The van der Waals surface area contributed by atoms with Gasteiger partial charge in [-0.3, -0.25) is 0 Å². The molecule has 3 N–H and O–H groups in total. The van der Waals surface area contributed by atoms with Gasteiger partial charge in [-0.05, 0) is 19.3 Å². The first-order valence-electron chi connectivity index (χ1n) is 5.53. The van der Waals surface area contributed by atoms with E-state index in [2.05, 4.69) is 12.2 Å². The molecule has 0 spiro atoms. The molecule has 1 rings (SSSR count). The van der Waals surface area contributed by atoms with Crippen molar-refractivity contribution >= 4 is 6.03 Å². The van der Waals surface area contributed by atoms with Crippen LogP contribution >= 0.6 is 0 Å². The van der Waals surface area contributed by atoms with Crippen molar-refractivity contribution in [1.82, 2.24) is 10.2 Å². The van der Waals surface area contributed by atoms with Gasteiger partial charge in [-0.2, -0.15) is 0 Å². The molecule has 1 aliphatic carbocycles. The average Bonchev–Trinajstić information content (AvgIpc) is 2.95. The van der Waals surface area contributed by atoms with E-state index in [1.54, 1.807) is 0 Å². The summed E-state index contributed by atoms with van der Waals surface area (Å²) in [7, 11) is 0. The van der Waals surface area contributed by atoms with Gasteiger partial charge in [0.15, 0.2) is 0 Å². The molecule has 0 heterocycles. The van der Waals surface area contributed by atoms with E-state index < -0.39 is 0 Å². The van der Waals surface area contributed by atoms with Gasteiger partial charge in [-0.25, -0.2) is 4.79 Å². The van der Waals surface area contributed by atoms with E-state index in [-0.39, 0.29) is 6.03 Å². The molecule has 0 bridgehead atoms. The number of urea groups is 1. The molecule has 0 radical (unpaired) electrons. The fourth-order valence-electron chi connectivity index (χ4n) is 1.31. The maximum Gasteiger partial charge on any atom is 0.317 e. The summed E-state index contributed by atoms with van der Waals surface area (Å²) in [5.41, 5.74) is 5.46. The lowest BCUT2D eigenvalue weighted by Crippen LogP contribution is -2.43. The minimum atomic E-state index is 0.0615. The lowest BCUT2D eigenvalue weighted by Gasteiger charge is -2.22. The summed E-state index contributed by atoms with van der Waals surface area (Å²) in [5, 5.41) is 2.98. The third kappa shape index (κ3) is 3.96. The van der Waals surface area contributed by atoms with Crippen molar-refractivity contribution < 1.29 is 4.79 Å². The summed E-state index contributed by atoms with van der Waals surface area (Å²) in [5.74, 6) is 0. The summed E-state index contributed by atoms with van der Waals surface area (Å²) in [6.45, 7) is 4.16. The zero-order valence-corrected chi connectivity index (χ0v) is 8.96. The smallest absolute Gasteiger partial charge is 0.317 e. The number of carbonyl (C=O) groups excluding carboxylic acids is 1. The van der Waals surface area contributed by atoms with Gasteiger partial charge in [0.25, 0.3) is 0 Å². The lowest BCUT2D eigenvalue weighted by molar-refractivity contribution is 0.198. The Morgan fingerprint density at radius 1 is 1.50 bits per heavy atom.